The van der Waals surface area contributed by atoms with Gasteiger partial charge in [0, 0.05) is 22.6 Å². The molecule has 2 aromatic rings. The summed E-state index contributed by atoms with van der Waals surface area (Å²) in [5.74, 6) is 1.70. The Morgan fingerprint density at radius 3 is 2.90 bits per heavy atom. The maximum Gasteiger partial charge on any atom is 0.127 e. The topological polar surface area (TPSA) is 63.0 Å². The number of aliphatic hydroxyl groups is 1. The Morgan fingerprint density at radius 1 is 1.43 bits per heavy atom. The second kappa shape index (κ2) is 6.15. The minimum absolute atomic E-state index is 0.0988. The van der Waals surface area contributed by atoms with Crippen molar-refractivity contribution in [3.8, 4) is 0 Å². The van der Waals surface area contributed by atoms with Crippen LogP contribution in [0.2, 0.25) is 0 Å². The van der Waals surface area contributed by atoms with Crippen LogP contribution in [0.3, 0.4) is 0 Å². The number of nitrogens with zero attached hydrogens (tertiary/aromatic N) is 3. The summed E-state index contributed by atoms with van der Waals surface area (Å²) >= 11 is 1.82. The molecule has 1 fully saturated rings. The van der Waals surface area contributed by atoms with Gasteiger partial charge in [-0.05, 0) is 26.7 Å². The first-order valence-corrected chi connectivity index (χ1v) is 8.34. The van der Waals surface area contributed by atoms with Crippen LogP contribution in [-0.4, -0.2) is 26.5 Å². The van der Waals surface area contributed by atoms with Gasteiger partial charge < -0.3 is 10.4 Å². The largest absolute Gasteiger partial charge is 0.394 e. The van der Waals surface area contributed by atoms with Crippen molar-refractivity contribution >= 4 is 17.2 Å². The highest BCUT2D eigenvalue weighted by atomic mass is 32.1. The van der Waals surface area contributed by atoms with Gasteiger partial charge in [0.25, 0.3) is 0 Å². The molecule has 2 aromatic heterocycles. The van der Waals surface area contributed by atoms with Crippen LogP contribution < -0.4 is 5.32 Å². The monoisotopic (exact) mass is 306 g/mol. The fourth-order valence-electron chi connectivity index (χ4n) is 2.57. The maximum absolute atomic E-state index is 9.13. The zero-order valence-corrected chi connectivity index (χ0v) is 13.4. The predicted octanol–water partition coefficient (Wildman–Crippen LogP) is 2.83. The first-order chi connectivity index (χ1) is 10.2. The van der Waals surface area contributed by atoms with Gasteiger partial charge in [0.05, 0.1) is 30.4 Å². The van der Waals surface area contributed by atoms with Crippen LogP contribution in [0.5, 0.6) is 0 Å². The number of aromatic nitrogens is 3. The van der Waals surface area contributed by atoms with Crippen molar-refractivity contribution in [3.05, 3.63) is 27.3 Å². The lowest BCUT2D eigenvalue weighted by molar-refractivity contribution is 0.270. The van der Waals surface area contributed by atoms with E-state index in [-0.39, 0.29) is 6.61 Å². The van der Waals surface area contributed by atoms with E-state index in [4.69, 9.17) is 5.11 Å². The van der Waals surface area contributed by atoms with Crippen LogP contribution in [0.15, 0.2) is 6.20 Å². The van der Waals surface area contributed by atoms with Crippen molar-refractivity contribution in [1.29, 1.82) is 0 Å². The summed E-state index contributed by atoms with van der Waals surface area (Å²) in [4.78, 5) is 5.81. The summed E-state index contributed by atoms with van der Waals surface area (Å²) in [5, 5.41) is 18.3. The van der Waals surface area contributed by atoms with Crippen LogP contribution in [-0.2, 0) is 13.1 Å². The van der Waals surface area contributed by atoms with Gasteiger partial charge >= 0.3 is 0 Å². The molecule has 2 N–H and O–H groups in total. The van der Waals surface area contributed by atoms with Gasteiger partial charge in [-0.3, -0.25) is 0 Å². The fourth-order valence-corrected chi connectivity index (χ4v) is 3.60. The standard InChI is InChI=1S/C15H22N4OS/c1-10-11(2)18-19(6-7-20)14(10)16-8-13-9-17-15(21-13)12-4-3-5-12/h9,12,16,20H,3-8H2,1-2H3. The highest BCUT2D eigenvalue weighted by Gasteiger charge is 2.22. The third-order valence-electron chi connectivity index (χ3n) is 4.19. The van der Waals surface area contributed by atoms with E-state index in [9.17, 15) is 0 Å². The molecule has 114 valence electrons. The second-order valence-electron chi connectivity index (χ2n) is 5.65. The molecule has 2 heterocycles. The van der Waals surface area contributed by atoms with Gasteiger partial charge in [-0.15, -0.1) is 11.3 Å². The molecule has 0 saturated heterocycles. The van der Waals surface area contributed by atoms with Gasteiger partial charge in [0.2, 0.25) is 0 Å². The van der Waals surface area contributed by atoms with Crippen LogP contribution in [0, 0.1) is 13.8 Å². The number of anilines is 1. The van der Waals surface area contributed by atoms with Crippen molar-refractivity contribution in [2.75, 3.05) is 11.9 Å². The number of aryl methyl sites for hydroxylation is 1. The number of hydrogen-bond donors (Lipinski definition) is 2. The Bertz CT molecular complexity index is 615. The number of rotatable bonds is 6. The molecule has 0 amide bonds. The molecule has 1 aliphatic rings. The molecule has 5 nitrogen and oxygen atoms in total. The fraction of sp³-hybridized carbons (Fsp3) is 0.600. The van der Waals surface area contributed by atoms with Crippen molar-refractivity contribution in [3.63, 3.8) is 0 Å². The summed E-state index contributed by atoms with van der Waals surface area (Å²) in [6.07, 6.45) is 5.92. The lowest BCUT2D eigenvalue weighted by Gasteiger charge is -2.22. The van der Waals surface area contributed by atoms with E-state index in [0.717, 1.165) is 23.6 Å². The maximum atomic E-state index is 9.13. The van der Waals surface area contributed by atoms with Gasteiger partial charge in [-0.25, -0.2) is 9.67 Å². The lowest BCUT2D eigenvalue weighted by Crippen LogP contribution is -2.10. The Morgan fingerprint density at radius 2 is 2.24 bits per heavy atom. The molecule has 0 unspecified atom stereocenters. The normalized spacial score (nSPS) is 15.2. The third-order valence-corrected chi connectivity index (χ3v) is 5.35. The lowest BCUT2D eigenvalue weighted by atomic mass is 9.86. The average Bonchev–Trinajstić information content (AvgIpc) is 2.94. The van der Waals surface area contributed by atoms with Crippen LogP contribution in [0.1, 0.15) is 46.3 Å². The van der Waals surface area contributed by atoms with Crippen molar-refractivity contribution in [1.82, 2.24) is 14.8 Å². The molecule has 1 aliphatic carbocycles. The van der Waals surface area contributed by atoms with Crippen molar-refractivity contribution < 1.29 is 5.11 Å². The van der Waals surface area contributed by atoms with Crippen molar-refractivity contribution in [2.24, 2.45) is 0 Å². The van der Waals surface area contributed by atoms with E-state index in [0.29, 0.717) is 12.5 Å². The molecule has 0 bridgehead atoms. The highest BCUT2D eigenvalue weighted by molar-refractivity contribution is 7.11. The highest BCUT2D eigenvalue weighted by Crippen LogP contribution is 2.38. The number of thiazole rings is 1. The first kappa shape index (κ1) is 14.5. The molecule has 1 saturated carbocycles. The number of nitrogens with one attached hydrogen (secondary N) is 1. The summed E-state index contributed by atoms with van der Waals surface area (Å²) in [6, 6.07) is 0. The number of aliphatic hydroxyl groups excluding tert-OH is 1. The van der Waals surface area contributed by atoms with Crippen LogP contribution in [0.25, 0.3) is 0 Å². The average molecular weight is 306 g/mol. The van der Waals surface area contributed by atoms with Crippen LogP contribution in [0.4, 0.5) is 5.82 Å². The predicted molar refractivity (Wildman–Crippen MR) is 84.8 cm³/mol. The van der Waals surface area contributed by atoms with Gasteiger partial charge in [-0.1, -0.05) is 6.42 Å². The van der Waals surface area contributed by atoms with E-state index >= 15 is 0 Å². The summed E-state index contributed by atoms with van der Waals surface area (Å²) in [5.41, 5.74) is 2.15. The van der Waals surface area contributed by atoms with Gasteiger partial charge in [-0.2, -0.15) is 5.10 Å². The molecule has 0 aromatic carbocycles. The summed E-state index contributed by atoms with van der Waals surface area (Å²) in [7, 11) is 0. The van der Waals surface area contributed by atoms with Crippen molar-refractivity contribution in [2.45, 2.75) is 52.1 Å². The molecule has 21 heavy (non-hydrogen) atoms. The molecule has 3 rings (SSSR count). The molecule has 0 radical (unpaired) electrons. The molecule has 6 heteroatoms. The van der Waals surface area contributed by atoms with E-state index < -0.39 is 0 Å². The van der Waals surface area contributed by atoms with E-state index in [2.05, 4.69) is 22.3 Å². The molecule has 0 aliphatic heterocycles. The molecule has 0 atom stereocenters. The second-order valence-corrected chi connectivity index (χ2v) is 6.80. The van der Waals surface area contributed by atoms with Crippen LogP contribution >= 0.6 is 11.3 Å². The molecular formula is C15H22N4OS. The number of hydrogen-bond acceptors (Lipinski definition) is 5. The quantitative estimate of drug-likeness (QED) is 0.861. The minimum Gasteiger partial charge on any atom is -0.394 e. The Balaban J connectivity index is 1.68. The zero-order chi connectivity index (χ0) is 14.8. The Kier molecular flexibility index (Phi) is 4.26. The SMILES string of the molecule is Cc1nn(CCO)c(NCc2cnc(C3CCC3)s2)c1C. The first-order valence-electron chi connectivity index (χ1n) is 7.52. The van der Waals surface area contributed by atoms with E-state index in [1.54, 1.807) is 0 Å². The Labute approximate surface area is 129 Å². The minimum atomic E-state index is 0.0988. The van der Waals surface area contributed by atoms with E-state index in [1.165, 1.54) is 29.1 Å². The smallest absolute Gasteiger partial charge is 0.127 e. The molecule has 0 spiro atoms. The van der Waals surface area contributed by atoms with E-state index in [1.807, 2.05) is 29.1 Å². The third kappa shape index (κ3) is 2.96. The zero-order valence-electron chi connectivity index (χ0n) is 12.6. The van der Waals surface area contributed by atoms with Gasteiger partial charge in [0.1, 0.15) is 5.82 Å². The molecular weight excluding hydrogens is 284 g/mol. The Hall–Kier alpha value is -1.40. The summed E-state index contributed by atoms with van der Waals surface area (Å²) in [6.45, 7) is 5.44. The van der Waals surface area contributed by atoms with Gasteiger partial charge in [0.15, 0.2) is 0 Å². The summed E-state index contributed by atoms with van der Waals surface area (Å²) < 4.78 is 1.85.